The molecule has 0 saturated carbocycles. The Labute approximate surface area is 244 Å². The Balaban J connectivity index is 1.53. The standard InChI is InChI=1S/C30H28F2N4O3S2/c1-18-6-2-3-8-23(18)36-30-27(28(34-36)24-9-5-13-40-24)29(21-11-10-19(31)14-22(21)32)41-17-26(38)35(30)16-25(37)33-15-20-7-4-12-39-20/h2-3,5-6,8-11,13-14,20,29H,4,7,12,15-17H2,1H3,(H,33,37). The van der Waals surface area contributed by atoms with E-state index in [1.165, 1.54) is 40.1 Å². The monoisotopic (exact) mass is 594 g/mol. The molecule has 0 aliphatic carbocycles. The van der Waals surface area contributed by atoms with Crippen LogP contribution in [0.25, 0.3) is 16.3 Å². The van der Waals surface area contributed by atoms with Crippen molar-refractivity contribution < 1.29 is 23.1 Å². The zero-order chi connectivity index (χ0) is 28.5. The highest BCUT2D eigenvalue weighted by Gasteiger charge is 2.39. The second-order valence-corrected chi connectivity index (χ2v) is 12.1. The van der Waals surface area contributed by atoms with E-state index in [1.54, 1.807) is 4.68 Å². The van der Waals surface area contributed by atoms with Gasteiger partial charge in [0.1, 0.15) is 29.7 Å². The molecule has 6 rings (SSSR count). The third-order valence-corrected chi connectivity index (χ3v) is 9.40. The maximum absolute atomic E-state index is 15.3. The van der Waals surface area contributed by atoms with Crippen molar-refractivity contribution in [2.75, 3.05) is 30.3 Å². The molecule has 1 fully saturated rings. The van der Waals surface area contributed by atoms with Gasteiger partial charge < -0.3 is 10.1 Å². The van der Waals surface area contributed by atoms with Crippen LogP contribution in [0.15, 0.2) is 60.0 Å². The van der Waals surface area contributed by atoms with Gasteiger partial charge in [0.15, 0.2) is 0 Å². The average Bonchev–Trinajstić information content (AvgIpc) is 3.72. The van der Waals surface area contributed by atoms with Crippen LogP contribution in [0.4, 0.5) is 14.6 Å². The number of aryl methyl sites for hydroxylation is 1. The second kappa shape index (κ2) is 11.8. The molecule has 2 aliphatic heterocycles. The fraction of sp³-hybridized carbons (Fsp3) is 0.300. The molecule has 2 aromatic heterocycles. The summed E-state index contributed by atoms with van der Waals surface area (Å²) in [4.78, 5) is 29.3. The number of carbonyl (C=O) groups excluding carboxylic acids is 2. The fourth-order valence-corrected chi connectivity index (χ4v) is 7.22. The van der Waals surface area contributed by atoms with Crippen LogP contribution < -0.4 is 10.2 Å². The number of thioether (sulfide) groups is 1. The molecule has 11 heteroatoms. The lowest BCUT2D eigenvalue weighted by Crippen LogP contribution is -2.44. The van der Waals surface area contributed by atoms with Crippen molar-refractivity contribution >= 4 is 40.7 Å². The molecule has 4 aromatic rings. The van der Waals surface area contributed by atoms with Crippen molar-refractivity contribution in [2.24, 2.45) is 0 Å². The minimum absolute atomic E-state index is 0.00711. The molecule has 2 unspecified atom stereocenters. The van der Waals surface area contributed by atoms with E-state index >= 15 is 4.39 Å². The number of nitrogens with one attached hydrogen (secondary N) is 1. The Bertz CT molecular complexity index is 1580. The summed E-state index contributed by atoms with van der Waals surface area (Å²) in [5, 5.41) is 9.16. The Morgan fingerprint density at radius 2 is 2.02 bits per heavy atom. The molecular weight excluding hydrogens is 566 g/mol. The van der Waals surface area contributed by atoms with Gasteiger partial charge in [-0.05, 0) is 48.9 Å². The van der Waals surface area contributed by atoms with E-state index in [0.29, 0.717) is 30.2 Å². The minimum Gasteiger partial charge on any atom is -0.376 e. The number of fused-ring (bicyclic) bond motifs is 1. The predicted molar refractivity (Wildman–Crippen MR) is 157 cm³/mol. The number of nitrogens with zero attached hydrogens (tertiary/aromatic N) is 3. The highest BCUT2D eigenvalue weighted by atomic mass is 32.2. The Morgan fingerprint density at radius 3 is 2.76 bits per heavy atom. The topological polar surface area (TPSA) is 76.5 Å². The Morgan fingerprint density at radius 1 is 1.17 bits per heavy atom. The van der Waals surface area contributed by atoms with Crippen LogP contribution in [-0.4, -0.2) is 53.1 Å². The van der Waals surface area contributed by atoms with Crippen molar-refractivity contribution in [1.82, 2.24) is 15.1 Å². The number of rotatable bonds is 7. The zero-order valence-electron chi connectivity index (χ0n) is 22.3. The van der Waals surface area contributed by atoms with Gasteiger partial charge in [-0.3, -0.25) is 14.5 Å². The van der Waals surface area contributed by atoms with Crippen LogP contribution in [0.2, 0.25) is 0 Å². The van der Waals surface area contributed by atoms with Gasteiger partial charge in [-0.2, -0.15) is 5.10 Å². The highest BCUT2D eigenvalue weighted by Crippen LogP contribution is 2.49. The molecule has 7 nitrogen and oxygen atoms in total. The predicted octanol–water partition coefficient (Wildman–Crippen LogP) is 5.65. The third kappa shape index (κ3) is 5.53. The first-order valence-electron chi connectivity index (χ1n) is 13.4. The van der Waals surface area contributed by atoms with Gasteiger partial charge in [0.05, 0.1) is 27.7 Å². The van der Waals surface area contributed by atoms with E-state index < -0.39 is 16.9 Å². The van der Waals surface area contributed by atoms with E-state index in [1.807, 2.05) is 48.7 Å². The SMILES string of the molecule is Cc1ccccc1-n1nc(-c2cccs2)c2c1N(CC(=O)NCC1CCCO1)C(=O)CSC2c1ccc(F)cc1F. The van der Waals surface area contributed by atoms with Crippen LogP contribution in [0, 0.1) is 18.6 Å². The third-order valence-electron chi connectivity index (χ3n) is 7.28. The van der Waals surface area contributed by atoms with Crippen molar-refractivity contribution in [3.63, 3.8) is 0 Å². The van der Waals surface area contributed by atoms with E-state index in [4.69, 9.17) is 9.84 Å². The first kappa shape index (κ1) is 27.6. The number of hydrogen-bond donors (Lipinski definition) is 1. The number of aromatic nitrogens is 2. The lowest BCUT2D eigenvalue weighted by molar-refractivity contribution is -0.123. The number of benzene rings is 2. The van der Waals surface area contributed by atoms with Crippen LogP contribution in [0.1, 0.15) is 34.8 Å². The van der Waals surface area contributed by atoms with Gasteiger partial charge in [0.25, 0.3) is 0 Å². The second-order valence-electron chi connectivity index (χ2n) is 10.0. The van der Waals surface area contributed by atoms with E-state index in [0.717, 1.165) is 35.0 Å². The summed E-state index contributed by atoms with van der Waals surface area (Å²) < 4.78 is 36.6. The maximum atomic E-state index is 15.3. The number of anilines is 1. The summed E-state index contributed by atoms with van der Waals surface area (Å²) in [7, 11) is 0. The molecule has 212 valence electrons. The quantitative estimate of drug-likeness (QED) is 0.299. The van der Waals surface area contributed by atoms with Gasteiger partial charge >= 0.3 is 0 Å². The summed E-state index contributed by atoms with van der Waals surface area (Å²) in [6.45, 7) is 2.74. The lowest BCUT2D eigenvalue weighted by atomic mass is 10.0. The number of carbonyl (C=O) groups is 2. The number of para-hydroxylation sites is 1. The van der Waals surface area contributed by atoms with Gasteiger partial charge in [-0.25, -0.2) is 13.5 Å². The fourth-order valence-electron chi connectivity index (χ4n) is 5.28. The Kier molecular flexibility index (Phi) is 7.92. The van der Waals surface area contributed by atoms with Crippen molar-refractivity contribution in [1.29, 1.82) is 0 Å². The summed E-state index contributed by atoms with van der Waals surface area (Å²) in [6, 6.07) is 14.9. The molecule has 1 saturated heterocycles. The molecule has 4 heterocycles. The average molecular weight is 595 g/mol. The zero-order valence-corrected chi connectivity index (χ0v) is 23.9. The number of halogens is 2. The van der Waals surface area contributed by atoms with Gasteiger partial charge in [-0.15, -0.1) is 23.1 Å². The number of ether oxygens (including phenoxy) is 1. The van der Waals surface area contributed by atoms with Crippen molar-refractivity contribution in [3.05, 3.63) is 88.3 Å². The molecule has 2 atom stereocenters. The van der Waals surface area contributed by atoms with Crippen LogP contribution >= 0.6 is 23.1 Å². The summed E-state index contributed by atoms with van der Waals surface area (Å²) >= 11 is 2.72. The van der Waals surface area contributed by atoms with Gasteiger partial charge in [0.2, 0.25) is 11.8 Å². The number of amides is 2. The number of hydrogen-bond acceptors (Lipinski definition) is 6. The van der Waals surface area contributed by atoms with Gasteiger partial charge in [-0.1, -0.05) is 30.3 Å². The van der Waals surface area contributed by atoms with E-state index in [-0.39, 0.29) is 35.8 Å². The molecular formula is C30H28F2N4O3S2. The van der Waals surface area contributed by atoms with Gasteiger partial charge in [0, 0.05) is 30.3 Å². The van der Waals surface area contributed by atoms with E-state index in [9.17, 15) is 14.0 Å². The van der Waals surface area contributed by atoms with Crippen LogP contribution in [-0.2, 0) is 14.3 Å². The molecule has 0 radical (unpaired) electrons. The minimum atomic E-state index is -0.704. The van der Waals surface area contributed by atoms with Crippen molar-refractivity contribution in [3.8, 4) is 16.3 Å². The molecule has 2 aromatic carbocycles. The molecule has 1 N–H and O–H groups in total. The molecule has 2 amide bonds. The molecule has 41 heavy (non-hydrogen) atoms. The van der Waals surface area contributed by atoms with Crippen molar-refractivity contribution in [2.45, 2.75) is 31.1 Å². The summed E-state index contributed by atoms with van der Waals surface area (Å²) in [5.41, 5.74) is 3.07. The largest absolute Gasteiger partial charge is 0.376 e. The first-order valence-corrected chi connectivity index (χ1v) is 15.3. The summed E-state index contributed by atoms with van der Waals surface area (Å²) in [6.07, 6.45) is 1.78. The normalized spacial score (nSPS) is 18.8. The molecule has 0 spiro atoms. The molecule has 0 bridgehead atoms. The van der Waals surface area contributed by atoms with Crippen LogP contribution in [0.5, 0.6) is 0 Å². The number of thiophene rings is 1. The van der Waals surface area contributed by atoms with E-state index in [2.05, 4.69) is 5.32 Å². The summed E-state index contributed by atoms with van der Waals surface area (Å²) in [5.74, 6) is -1.62. The first-order chi connectivity index (χ1) is 19.9. The Hall–Kier alpha value is -3.54. The maximum Gasteiger partial charge on any atom is 0.240 e. The lowest BCUT2D eigenvalue weighted by Gasteiger charge is -2.24. The van der Waals surface area contributed by atoms with Crippen LogP contribution in [0.3, 0.4) is 0 Å². The molecule has 2 aliphatic rings. The highest BCUT2D eigenvalue weighted by molar-refractivity contribution is 8.00. The smallest absolute Gasteiger partial charge is 0.240 e.